The van der Waals surface area contributed by atoms with E-state index >= 15 is 0 Å². The van der Waals surface area contributed by atoms with E-state index in [1.165, 1.54) is 33.4 Å². The van der Waals surface area contributed by atoms with Crippen LogP contribution in [-0.4, -0.2) is 38.6 Å². The molecule has 3 aliphatic rings. The highest BCUT2D eigenvalue weighted by molar-refractivity contribution is 7.28. The topological polar surface area (TPSA) is 43.5 Å². The van der Waals surface area contributed by atoms with Gasteiger partial charge in [-0.25, -0.2) is 0 Å². The maximum Gasteiger partial charge on any atom is 0.126 e. The van der Waals surface area contributed by atoms with Crippen LogP contribution in [0.15, 0.2) is 84.9 Å². The van der Waals surface area contributed by atoms with Crippen molar-refractivity contribution < 1.29 is 18.9 Å². The Morgan fingerprint density at radius 2 is 1.08 bits per heavy atom. The van der Waals surface area contributed by atoms with Gasteiger partial charge in [0.25, 0.3) is 0 Å². The smallest absolute Gasteiger partial charge is 0.126 e. The number of fused-ring (bicyclic) bond motifs is 3. The van der Waals surface area contributed by atoms with Crippen LogP contribution in [0.5, 0.6) is 11.5 Å². The molecule has 2 saturated heterocycles. The van der Waals surface area contributed by atoms with Gasteiger partial charge in [-0.2, -0.15) is 0 Å². The highest BCUT2D eigenvalue weighted by Crippen LogP contribution is 2.56. The second-order valence-corrected chi connectivity index (χ2v) is 11.1. The lowest BCUT2D eigenvalue weighted by Crippen LogP contribution is -2.30. The van der Waals surface area contributed by atoms with Crippen LogP contribution in [0.4, 0.5) is 0 Å². The predicted molar refractivity (Wildman–Crippen MR) is 153 cm³/mol. The molecule has 0 aromatic heterocycles. The second kappa shape index (κ2) is 9.22. The molecule has 4 atom stereocenters. The number of hydrogen-bond acceptors (Lipinski definition) is 4. The Balaban J connectivity index is 1.40. The molecule has 0 radical (unpaired) electrons. The lowest BCUT2D eigenvalue weighted by atomic mass is 9.67. The second-order valence-electron chi connectivity index (χ2n) is 9.88. The van der Waals surface area contributed by atoms with Crippen molar-refractivity contribution in [1.82, 2.24) is 0 Å². The summed E-state index contributed by atoms with van der Waals surface area (Å²) in [5, 5.41) is 2.07. The first-order chi connectivity index (χ1) is 18.1. The zero-order valence-electron chi connectivity index (χ0n) is 20.4. The third-order valence-electron chi connectivity index (χ3n) is 7.49. The molecule has 0 saturated carbocycles. The van der Waals surface area contributed by atoms with Crippen LogP contribution >= 0.6 is 18.5 Å². The first-order valence-electron chi connectivity index (χ1n) is 12.6. The van der Waals surface area contributed by atoms with Gasteiger partial charge in [0.05, 0.1) is 18.6 Å². The first-order valence-corrected chi connectivity index (χ1v) is 13.8. The van der Waals surface area contributed by atoms with E-state index in [0.29, 0.717) is 13.2 Å². The zero-order chi connectivity index (χ0) is 25.0. The Bertz CT molecular complexity index is 1380. The number of rotatable bonds is 8. The van der Waals surface area contributed by atoms with Crippen molar-refractivity contribution >= 4 is 29.1 Å². The standard InChI is InChI=1S/C31H28O4P2/c36-29-13-19(9-11-27(29)34-17-21-15-32-21)31(20-10-12-28(30(37)14-20)35-18-22-16-33-22)25-7-3-1-5-23(25)24-6-2-4-8-26(24)31/h1-14,21-22H,15-18,36-37H2. The molecule has 4 aromatic rings. The molecule has 186 valence electrons. The summed E-state index contributed by atoms with van der Waals surface area (Å²) in [4.78, 5) is 0. The molecule has 4 aromatic carbocycles. The van der Waals surface area contributed by atoms with Gasteiger partial charge in [-0.15, -0.1) is 18.5 Å². The van der Waals surface area contributed by atoms with Crippen molar-refractivity contribution in [2.75, 3.05) is 26.4 Å². The molecule has 0 amide bonds. The van der Waals surface area contributed by atoms with Crippen molar-refractivity contribution in [3.8, 4) is 22.6 Å². The average molecular weight is 527 g/mol. The molecule has 4 unspecified atom stereocenters. The predicted octanol–water partition coefficient (Wildman–Crippen LogP) is 4.61. The number of ether oxygens (including phenoxy) is 4. The summed E-state index contributed by atoms with van der Waals surface area (Å²) < 4.78 is 22.8. The SMILES string of the molecule is Pc1cc(C2(c3ccc(OCC4CO4)c(P)c3)c3ccccc3-c3ccccc32)ccc1OCC1CO1. The minimum Gasteiger partial charge on any atom is -0.490 e. The van der Waals surface area contributed by atoms with Crippen molar-refractivity contribution in [3.63, 3.8) is 0 Å². The third-order valence-corrected chi connectivity index (χ3v) is 8.39. The lowest BCUT2D eigenvalue weighted by Gasteiger charge is -2.34. The summed E-state index contributed by atoms with van der Waals surface area (Å²) in [6.07, 6.45) is 0.438. The van der Waals surface area contributed by atoms with Crippen LogP contribution in [0.25, 0.3) is 11.1 Å². The Hall–Kier alpha value is -2.74. The molecule has 2 aliphatic heterocycles. The molecule has 6 heteroatoms. The van der Waals surface area contributed by atoms with E-state index in [0.717, 1.165) is 35.3 Å². The van der Waals surface area contributed by atoms with Crippen LogP contribution in [0, 0.1) is 0 Å². The number of epoxide rings is 2. The normalized spacial score (nSPS) is 20.2. The van der Waals surface area contributed by atoms with Crippen molar-refractivity contribution in [3.05, 3.63) is 107 Å². The van der Waals surface area contributed by atoms with E-state index in [-0.39, 0.29) is 12.2 Å². The van der Waals surface area contributed by atoms with Gasteiger partial charge in [0.2, 0.25) is 0 Å². The van der Waals surface area contributed by atoms with E-state index in [2.05, 4.69) is 103 Å². The number of hydrogen-bond donors (Lipinski definition) is 0. The largest absolute Gasteiger partial charge is 0.490 e. The van der Waals surface area contributed by atoms with Gasteiger partial charge in [0.1, 0.15) is 36.9 Å². The molecule has 0 bridgehead atoms. The minimum atomic E-state index is -0.472. The van der Waals surface area contributed by atoms with Crippen LogP contribution < -0.4 is 20.1 Å². The van der Waals surface area contributed by atoms with Crippen molar-refractivity contribution in [2.45, 2.75) is 17.6 Å². The highest BCUT2D eigenvalue weighted by atomic mass is 31.0. The van der Waals surface area contributed by atoms with Gasteiger partial charge < -0.3 is 18.9 Å². The molecule has 7 rings (SSSR count). The fourth-order valence-electron chi connectivity index (χ4n) is 5.54. The molecular formula is C31H28O4P2. The van der Waals surface area contributed by atoms with Crippen LogP contribution in [0.1, 0.15) is 22.3 Å². The van der Waals surface area contributed by atoms with Gasteiger partial charge >= 0.3 is 0 Å². The summed E-state index contributed by atoms with van der Waals surface area (Å²) >= 11 is 0. The summed E-state index contributed by atoms with van der Waals surface area (Å²) in [7, 11) is 5.75. The van der Waals surface area contributed by atoms with E-state index in [1.54, 1.807) is 0 Å². The maximum absolute atomic E-state index is 6.07. The fraction of sp³-hybridized carbons (Fsp3) is 0.226. The quantitative estimate of drug-likeness (QED) is 0.219. The Labute approximate surface area is 221 Å². The van der Waals surface area contributed by atoms with E-state index < -0.39 is 5.41 Å². The molecule has 1 aliphatic carbocycles. The third kappa shape index (κ3) is 4.08. The minimum absolute atomic E-state index is 0.219. The summed E-state index contributed by atoms with van der Waals surface area (Å²) in [5.41, 5.74) is 7.04. The summed E-state index contributed by atoms with van der Waals surface area (Å²) in [6.45, 7) is 2.74. The monoisotopic (exact) mass is 526 g/mol. The molecule has 0 spiro atoms. The summed E-state index contributed by atoms with van der Waals surface area (Å²) in [6, 6.07) is 30.7. The van der Waals surface area contributed by atoms with Gasteiger partial charge in [-0.05, 0) is 57.6 Å². The molecule has 0 N–H and O–H groups in total. The Morgan fingerprint density at radius 3 is 1.49 bits per heavy atom. The molecule has 4 nitrogen and oxygen atoms in total. The number of benzene rings is 4. The fourth-order valence-corrected chi connectivity index (χ4v) is 6.26. The summed E-state index contributed by atoms with van der Waals surface area (Å²) in [5.74, 6) is 1.74. The first kappa shape index (κ1) is 23.4. The van der Waals surface area contributed by atoms with E-state index in [9.17, 15) is 0 Å². The lowest BCUT2D eigenvalue weighted by molar-refractivity contribution is 0.264. The van der Waals surface area contributed by atoms with Gasteiger partial charge in [-0.1, -0.05) is 60.7 Å². The molecule has 2 fully saturated rings. The maximum atomic E-state index is 6.07. The van der Waals surface area contributed by atoms with E-state index in [4.69, 9.17) is 18.9 Å². The Morgan fingerprint density at radius 1 is 0.649 bits per heavy atom. The zero-order valence-corrected chi connectivity index (χ0v) is 22.7. The van der Waals surface area contributed by atoms with Crippen molar-refractivity contribution in [2.24, 2.45) is 0 Å². The van der Waals surface area contributed by atoms with Gasteiger partial charge in [-0.3, -0.25) is 0 Å². The van der Waals surface area contributed by atoms with Gasteiger partial charge in [0, 0.05) is 10.6 Å². The van der Waals surface area contributed by atoms with Crippen LogP contribution in [0.2, 0.25) is 0 Å². The van der Waals surface area contributed by atoms with Crippen LogP contribution in [-0.2, 0) is 14.9 Å². The average Bonchev–Trinajstić information content (AvgIpc) is 3.85. The molecule has 37 heavy (non-hydrogen) atoms. The van der Waals surface area contributed by atoms with Crippen LogP contribution in [0.3, 0.4) is 0 Å². The van der Waals surface area contributed by atoms with Crippen molar-refractivity contribution in [1.29, 1.82) is 0 Å². The molecule has 2 heterocycles. The highest BCUT2D eigenvalue weighted by Gasteiger charge is 2.46. The Kier molecular flexibility index (Phi) is 5.83. The van der Waals surface area contributed by atoms with Gasteiger partial charge in [0.15, 0.2) is 0 Å². The van der Waals surface area contributed by atoms with E-state index in [1.807, 2.05) is 0 Å². The molecular weight excluding hydrogens is 498 g/mol.